The molecule has 0 amide bonds. The van der Waals surface area contributed by atoms with Crippen molar-refractivity contribution in [1.82, 2.24) is 4.98 Å². The highest BCUT2D eigenvalue weighted by molar-refractivity contribution is 5.82. The van der Waals surface area contributed by atoms with Gasteiger partial charge in [0.25, 0.3) is 0 Å². The topological polar surface area (TPSA) is 24.9 Å². The summed E-state index contributed by atoms with van der Waals surface area (Å²) in [5, 5.41) is 4.70. The van der Waals surface area contributed by atoms with Crippen molar-refractivity contribution in [3.05, 3.63) is 71.9 Å². The van der Waals surface area contributed by atoms with Crippen molar-refractivity contribution in [3.63, 3.8) is 0 Å². The maximum absolute atomic E-state index is 4.34. The van der Waals surface area contributed by atoms with Gasteiger partial charge in [0.15, 0.2) is 0 Å². The summed E-state index contributed by atoms with van der Waals surface area (Å²) in [5.74, 6) is 0. The van der Waals surface area contributed by atoms with E-state index in [0.717, 1.165) is 16.6 Å². The predicted molar refractivity (Wildman–Crippen MR) is 85.0 cm³/mol. The third kappa shape index (κ3) is 2.64. The molecular weight excluding hydrogens is 244 g/mol. The summed E-state index contributed by atoms with van der Waals surface area (Å²) in [6.45, 7) is 4.29. The van der Waals surface area contributed by atoms with Crippen LogP contribution in [0.1, 0.15) is 24.1 Å². The molecule has 3 rings (SSSR count). The summed E-state index contributed by atoms with van der Waals surface area (Å²) in [4.78, 5) is 4.34. The number of nitrogens with zero attached hydrogens (tertiary/aromatic N) is 1. The Hall–Kier alpha value is -2.35. The SMILES string of the molecule is Cc1ccc(C(C)Nc2ccc3ncccc3c2)cc1. The van der Waals surface area contributed by atoms with E-state index in [1.165, 1.54) is 11.1 Å². The van der Waals surface area contributed by atoms with E-state index in [1.807, 2.05) is 12.3 Å². The van der Waals surface area contributed by atoms with E-state index >= 15 is 0 Å². The van der Waals surface area contributed by atoms with E-state index in [0.29, 0.717) is 0 Å². The second kappa shape index (κ2) is 5.33. The molecule has 1 atom stereocenters. The molecule has 0 saturated heterocycles. The van der Waals surface area contributed by atoms with E-state index in [4.69, 9.17) is 0 Å². The lowest BCUT2D eigenvalue weighted by Crippen LogP contribution is -2.06. The number of pyridine rings is 1. The number of rotatable bonds is 3. The second-order valence-corrected chi connectivity index (χ2v) is 5.19. The molecule has 2 heteroatoms. The maximum atomic E-state index is 4.34. The van der Waals surface area contributed by atoms with Crippen LogP contribution in [0.5, 0.6) is 0 Å². The van der Waals surface area contributed by atoms with E-state index in [1.54, 1.807) is 0 Å². The van der Waals surface area contributed by atoms with Gasteiger partial charge < -0.3 is 5.32 Å². The van der Waals surface area contributed by atoms with Crippen LogP contribution in [0.4, 0.5) is 5.69 Å². The molecule has 0 aliphatic carbocycles. The number of nitrogens with one attached hydrogen (secondary N) is 1. The van der Waals surface area contributed by atoms with Crippen LogP contribution in [0, 0.1) is 6.92 Å². The van der Waals surface area contributed by atoms with E-state index in [9.17, 15) is 0 Å². The molecule has 2 nitrogen and oxygen atoms in total. The minimum absolute atomic E-state index is 0.282. The van der Waals surface area contributed by atoms with Crippen molar-refractivity contribution in [2.24, 2.45) is 0 Å². The average Bonchev–Trinajstić information content (AvgIpc) is 2.48. The molecule has 3 aromatic rings. The normalized spacial score (nSPS) is 12.3. The molecule has 0 spiro atoms. The molecule has 1 unspecified atom stereocenters. The molecular formula is C18H18N2. The van der Waals surface area contributed by atoms with Crippen LogP contribution >= 0.6 is 0 Å². The van der Waals surface area contributed by atoms with Crippen molar-refractivity contribution in [1.29, 1.82) is 0 Å². The highest BCUT2D eigenvalue weighted by atomic mass is 14.9. The van der Waals surface area contributed by atoms with Gasteiger partial charge in [-0.1, -0.05) is 35.9 Å². The molecule has 0 saturated carbocycles. The predicted octanol–water partition coefficient (Wildman–Crippen LogP) is 4.72. The first kappa shape index (κ1) is 12.7. The summed E-state index contributed by atoms with van der Waals surface area (Å²) >= 11 is 0. The lowest BCUT2D eigenvalue weighted by molar-refractivity contribution is 0.884. The summed E-state index contributed by atoms with van der Waals surface area (Å²) < 4.78 is 0. The molecule has 100 valence electrons. The van der Waals surface area contributed by atoms with Gasteiger partial charge in [0.1, 0.15) is 0 Å². The van der Waals surface area contributed by atoms with Gasteiger partial charge in [0, 0.05) is 23.3 Å². The lowest BCUT2D eigenvalue weighted by Gasteiger charge is -2.16. The fourth-order valence-electron chi connectivity index (χ4n) is 2.35. The van der Waals surface area contributed by atoms with Gasteiger partial charge in [-0.25, -0.2) is 0 Å². The van der Waals surface area contributed by atoms with Crippen molar-refractivity contribution >= 4 is 16.6 Å². The largest absolute Gasteiger partial charge is 0.379 e. The van der Waals surface area contributed by atoms with Crippen LogP contribution in [0.2, 0.25) is 0 Å². The molecule has 0 aliphatic heterocycles. The first-order chi connectivity index (χ1) is 9.72. The third-order valence-corrected chi connectivity index (χ3v) is 3.56. The van der Waals surface area contributed by atoms with Gasteiger partial charge >= 0.3 is 0 Å². The number of fused-ring (bicyclic) bond motifs is 1. The van der Waals surface area contributed by atoms with Crippen LogP contribution in [0.3, 0.4) is 0 Å². The van der Waals surface area contributed by atoms with E-state index in [2.05, 4.69) is 72.7 Å². The Balaban J connectivity index is 1.83. The molecule has 20 heavy (non-hydrogen) atoms. The quantitative estimate of drug-likeness (QED) is 0.739. The summed E-state index contributed by atoms with van der Waals surface area (Å²) in [6, 6.07) is 19.3. The number of aromatic nitrogens is 1. The fraction of sp³-hybridized carbons (Fsp3) is 0.167. The molecule has 1 N–H and O–H groups in total. The van der Waals surface area contributed by atoms with Crippen molar-refractivity contribution in [2.75, 3.05) is 5.32 Å². The van der Waals surface area contributed by atoms with Gasteiger partial charge in [0.2, 0.25) is 0 Å². The first-order valence-corrected chi connectivity index (χ1v) is 6.90. The lowest BCUT2D eigenvalue weighted by atomic mass is 10.1. The van der Waals surface area contributed by atoms with Crippen molar-refractivity contribution < 1.29 is 0 Å². The van der Waals surface area contributed by atoms with Gasteiger partial charge in [-0.15, -0.1) is 0 Å². The highest BCUT2D eigenvalue weighted by Crippen LogP contribution is 2.22. The van der Waals surface area contributed by atoms with Gasteiger partial charge in [0.05, 0.1) is 5.52 Å². The zero-order chi connectivity index (χ0) is 13.9. The molecule has 2 aromatic carbocycles. The van der Waals surface area contributed by atoms with Gasteiger partial charge in [-0.3, -0.25) is 4.98 Å². The second-order valence-electron chi connectivity index (χ2n) is 5.19. The number of aryl methyl sites for hydroxylation is 1. The number of anilines is 1. The highest BCUT2D eigenvalue weighted by Gasteiger charge is 2.05. The maximum Gasteiger partial charge on any atom is 0.0703 e. The minimum atomic E-state index is 0.282. The fourth-order valence-corrected chi connectivity index (χ4v) is 2.35. The zero-order valence-corrected chi connectivity index (χ0v) is 11.8. The number of benzene rings is 2. The Morgan fingerprint density at radius 1 is 1.00 bits per heavy atom. The molecule has 0 aliphatic rings. The standard InChI is InChI=1S/C18H18N2/c1-13-5-7-15(8-6-13)14(2)20-17-9-10-18-16(12-17)4-3-11-19-18/h3-12,14,20H,1-2H3. The molecule has 1 heterocycles. The Morgan fingerprint density at radius 3 is 2.60 bits per heavy atom. The molecule has 0 fully saturated rings. The third-order valence-electron chi connectivity index (χ3n) is 3.56. The molecule has 1 aromatic heterocycles. The monoisotopic (exact) mass is 262 g/mol. The van der Waals surface area contributed by atoms with Crippen LogP contribution in [0.25, 0.3) is 10.9 Å². The number of hydrogen-bond acceptors (Lipinski definition) is 2. The molecule has 0 bridgehead atoms. The van der Waals surface area contributed by atoms with Crippen LogP contribution < -0.4 is 5.32 Å². The minimum Gasteiger partial charge on any atom is -0.379 e. The van der Waals surface area contributed by atoms with Crippen LogP contribution in [-0.2, 0) is 0 Å². The van der Waals surface area contributed by atoms with Crippen molar-refractivity contribution in [3.8, 4) is 0 Å². The smallest absolute Gasteiger partial charge is 0.0703 e. The van der Waals surface area contributed by atoms with E-state index < -0.39 is 0 Å². The Kier molecular flexibility index (Phi) is 3.38. The van der Waals surface area contributed by atoms with Gasteiger partial charge in [-0.2, -0.15) is 0 Å². The summed E-state index contributed by atoms with van der Waals surface area (Å²) in [6.07, 6.45) is 1.82. The summed E-state index contributed by atoms with van der Waals surface area (Å²) in [7, 11) is 0. The van der Waals surface area contributed by atoms with Crippen LogP contribution in [-0.4, -0.2) is 4.98 Å². The van der Waals surface area contributed by atoms with E-state index in [-0.39, 0.29) is 6.04 Å². The average molecular weight is 262 g/mol. The Morgan fingerprint density at radius 2 is 1.80 bits per heavy atom. The van der Waals surface area contributed by atoms with Crippen molar-refractivity contribution in [2.45, 2.75) is 19.9 Å². The first-order valence-electron chi connectivity index (χ1n) is 6.90. The summed E-state index contributed by atoms with van der Waals surface area (Å²) in [5.41, 5.74) is 4.74. The zero-order valence-electron chi connectivity index (χ0n) is 11.8. The number of hydrogen-bond donors (Lipinski definition) is 1. The molecule has 0 radical (unpaired) electrons. The van der Waals surface area contributed by atoms with Crippen LogP contribution in [0.15, 0.2) is 60.8 Å². The Bertz CT molecular complexity index is 717. The van der Waals surface area contributed by atoms with Gasteiger partial charge in [-0.05, 0) is 43.7 Å². The Labute approximate surface area is 119 Å².